The van der Waals surface area contributed by atoms with Gasteiger partial charge in [0.25, 0.3) is 11.1 Å². The maximum atomic E-state index is 12.7. The Hall–Kier alpha value is -3.90. The molecule has 6 heteroatoms. The second kappa shape index (κ2) is 10.1. The monoisotopic (exact) mass is 441 g/mol. The highest BCUT2D eigenvalue weighted by molar-refractivity contribution is 5.90. The van der Waals surface area contributed by atoms with E-state index in [0.717, 1.165) is 40.6 Å². The largest absolute Gasteiger partial charge is 0.494 e. The Bertz CT molecular complexity index is 1480. The van der Waals surface area contributed by atoms with Crippen molar-refractivity contribution in [2.24, 2.45) is 0 Å². The number of hydrogen-bond donors (Lipinski definition) is 2. The van der Waals surface area contributed by atoms with E-state index in [2.05, 4.69) is 14.9 Å². The van der Waals surface area contributed by atoms with Crippen molar-refractivity contribution in [3.63, 3.8) is 0 Å². The molecule has 33 heavy (non-hydrogen) atoms. The smallest absolute Gasteiger partial charge is 0.272 e. The van der Waals surface area contributed by atoms with Gasteiger partial charge in [-0.05, 0) is 66.7 Å². The molecule has 0 aliphatic rings. The maximum Gasteiger partial charge on any atom is 0.272 e. The number of aromatic nitrogens is 2. The first-order valence-corrected chi connectivity index (χ1v) is 10.9. The molecule has 168 valence electrons. The van der Waals surface area contributed by atoms with Crippen LogP contribution in [0.2, 0.25) is 0 Å². The molecule has 1 heterocycles. The lowest BCUT2D eigenvalue weighted by Gasteiger charge is -2.10. The van der Waals surface area contributed by atoms with Crippen LogP contribution < -0.4 is 26.6 Å². The van der Waals surface area contributed by atoms with Crippen molar-refractivity contribution in [3.8, 4) is 5.75 Å². The van der Waals surface area contributed by atoms with Crippen LogP contribution >= 0.6 is 0 Å². The summed E-state index contributed by atoms with van der Waals surface area (Å²) in [6.07, 6.45) is 4.30. The van der Waals surface area contributed by atoms with Crippen LogP contribution in [0.5, 0.6) is 5.75 Å². The fraction of sp³-hybridized carbons (Fsp3) is 0.185. The fourth-order valence-corrected chi connectivity index (χ4v) is 3.63. The third-order valence-electron chi connectivity index (χ3n) is 5.32. The Morgan fingerprint density at radius 1 is 0.818 bits per heavy atom. The van der Waals surface area contributed by atoms with Crippen molar-refractivity contribution >= 4 is 22.9 Å². The minimum atomic E-state index is -0.356. The molecule has 4 aromatic rings. The normalized spacial score (nSPS) is 12.6. The first kappa shape index (κ1) is 22.3. The molecule has 0 radical (unpaired) electrons. The standard InChI is InChI=1S/C27H27N3O3/c1-30(2)15-6-16-33-22-13-11-19(12-14-22)17-24-26(31)29-25(27(32)28-24)18-21-9-5-8-20-7-3-4-10-23(20)21/h3-5,7-14,17-18H,6,15-16H2,1-2H3,(H,28,32)(H,29,31)/b24-17-,25-18-. The summed E-state index contributed by atoms with van der Waals surface area (Å²) in [6, 6.07) is 21.2. The lowest BCUT2D eigenvalue weighted by atomic mass is 10.0. The van der Waals surface area contributed by atoms with E-state index in [-0.39, 0.29) is 21.8 Å². The zero-order chi connectivity index (χ0) is 23.2. The number of rotatable bonds is 7. The maximum absolute atomic E-state index is 12.7. The van der Waals surface area contributed by atoms with Gasteiger partial charge in [-0.2, -0.15) is 0 Å². The highest BCUT2D eigenvalue weighted by atomic mass is 16.5. The average molecular weight is 442 g/mol. The van der Waals surface area contributed by atoms with Gasteiger partial charge in [0.1, 0.15) is 16.4 Å². The SMILES string of the molecule is CN(C)CCCOc1ccc(/C=c2\[nH]c(=O)/c(=C/c3cccc4ccccc34)[nH]c2=O)cc1. The van der Waals surface area contributed by atoms with E-state index in [0.29, 0.717) is 6.61 Å². The van der Waals surface area contributed by atoms with Gasteiger partial charge in [0.05, 0.1) is 6.61 Å². The molecule has 0 atom stereocenters. The number of fused-ring (bicyclic) bond motifs is 1. The van der Waals surface area contributed by atoms with E-state index >= 15 is 0 Å². The molecule has 3 aromatic carbocycles. The van der Waals surface area contributed by atoms with Crippen LogP contribution in [0.15, 0.2) is 76.3 Å². The third-order valence-corrected chi connectivity index (χ3v) is 5.32. The van der Waals surface area contributed by atoms with Crippen molar-refractivity contribution in [2.45, 2.75) is 6.42 Å². The fourth-order valence-electron chi connectivity index (χ4n) is 3.63. The highest BCUT2D eigenvalue weighted by Crippen LogP contribution is 2.18. The molecule has 6 nitrogen and oxygen atoms in total. The van der Waals surface area contributed by atoms with Gasteiger partial charge in [-0.25, -0.2) is 0 Å². The molecule has 0 saturated heterocycles. The number of H-pyrrole nitrogens is 2. The second-order valence-electron chi connectivity index (χ2n) is 8.17. The molecule has 2 N–H and O–H groups in total. The molecule has 0 fully saturated rings. The number of aromatic amines is 2. The summed E-state index contributed by atoms with van der Waals surface area (Å²) in [5, 5.41) is 2.50. The minimum Gasteiger partial charge on any atom is -0.494 e. The van der Waals surface area contributed by atoms with Crippen LogP contribution in [0, 0.1) is 0 Å². The summed E-state index contributed by atoms with van der Waals surface area (Å²) in [4.78, 5) is 32.9. The molecular formula is C27H27N3O3. The zero-order valence-electron chi connectivity index (χ0n) is 18.8. The summed E-state index contributed by atoms with van der Waals surface area (Å²) in [5.74, 6) is 0.772. The van der Waals surface area contributed by atoms with Crippen molar-refractivity contribution < 1.29 is 4.74 Å². The van der Waals surface area contributed by atoms with E-state index in [4.69, 9.17) is 4.74 Å². The number of benzene rings is 3. The molecule has 0 aliphatic heterocycles. The van der Waals surface area contributed by atoms with Gasteiger partial charge in [0, 0.05) is 6.54 Å². The molecule has 0 amide bonds. The first-order valence-electron chi connectivity index (χ1n) is 10.9. The van der Waals surface area contributed by atoms with Crippen LogP contribution in [-0.2, 0) is 0 Å². The van der Waals surface area contributed by atoms with Crippen molar-refractivity contribution in [3.05, 3.63) is 109 Å². The molecule has 0 spiro atoms. The molecular weight excluding hydrogens is 414 g/mol. The Morgan fingerprint density at radius 3 is 2.21 bits per heavy atom. The van der Waals surface area contributed by atoms with E-state index < -0.39 is 0 Å². The van der Waals surface area contributed by atoms with Gasteiger partial charge in [-0.1, -0.05) is 54.6 Å². The van der Waals surface area contributed by atoms with E-state index in [1.165, 1.54) is 0 Å². The Balaban J connectivity index is 1.59. The van der Waals surface area contributed by atoms with E-state index in [1.807, 2.05) is 80.8 Å². The molecule has 0 bridgehead atoms. The van der Waals surface area contributed by atoms with Crippen molar-refractivity contribution in [1.82, 2.24) is 14.9 Å². The summed E-state index contributed by atoms with van der Waals surface area (Å²) in [6.45, 7) is 1.61. The summed E-state index contributed by atoms with van der Waals surface area (Å²) < 4.78 is 5.74. The summed E-state index contributed by atoms with van der Waals surface area (Å²) in [7, 11) is 4.07. The number of nitrogens with one attached hydrogen (secondary N) is 2. The van der Waals surface area contributed by atoms with Gasteiger partial charge in [-0.15, -0.1) is 0 Å². The Morgan fingerprint density at radius 2 is 1.48 bits per heavy atom. The second-order valence-corrected chi connectivity index (χ2v) is 8.17. The Labute approximate surface area is 191 Å². The van der Waals surface area contributed by atoms with Crippen LogP contribution in [0.1, 0.15) is 17.5 Å². The average Bonchev–Trinajstić information content (AvgIpc) is 2.81. The molecule has 4 rings (SSSR count). The number of ether oxygens (including phenoxy) is 1. The van der Waals surface area contributed by atoms with Crippen LogP contribution in [-0.4, -0.2) is 42.1 Å². The predicted octanol–water partition coefficient (Wildman–Crippen LogP) is 2.20. The lowest BCUT2D eigenvalue weighted by Crippen LogP contribution is -2.46. The van der Waals surface area contributed by atoms with E-state index in [9.17, 15) is 9.59 Å². The first-order chi connectivity index (χ1) is 16.0. The summed E-state index contributed by atoms with van der Waals surface area (Å²) in [5.41, 5.74) is 0.953. The van der Waals surface area contributed by atoms with Crippen molar-refractivity contribution in [1.29, 1.82) is 0 Å². The van der Waals surface area contributed by atoms with Gasteiger partial charge in [-0.3, -0.25) is 9.59 Å². The van der Waals surface area contributed by atoms with Crippen LogP contribution in [0.4, 0.5) is 0 Å². The van der Waals surface area contributed by atoms with Crippen molar-refractivity contribution in [2.75, 3.05) is 27.2 Å². The summed E-state index contributed by atoms with van der Waals surface area (Å²) >= 11 is 0. The minimum absolute atomic E-state index is 0.203. The zero-order valence-corrected chi connectivity index (χ0v) is 18.8. The highest BCUT2D eigenvalue weighted by Gasteiger charge is 2.01. The molecule has 1 aromatic heterocycles. The Kier molecular flexibility index (Phi) is 6.86. The van der Waals surface area contributed by atoms with Gasteiger partial charge >= 0.3 is 0 Å². The van der Waals surface area contributed by atoms with Gasteiger partial charge in [0.2, 0.25) is 0 Å². The quantitative estimate of drug-likeness (QED) is 0.431. The predicted molar refractivity (Wildman–Crippen MR) is 133 cm³/mol. The lowest BCUT2D eigenvalue weighted by molar-refractivity contribution is 0.281. The van der Waals surface area contributed by atoms with Gasteiger partial charge in [0.15, 0.2) is 0 Å². The van der Waals surface area contributed by atoms with Gasteiger partial charge < -0.3 is 19.6 Å². The third kappa shape index (κ3) is 5.67. The van der Waals surface area contributed by atoms with E-state index in [1.54, 1.807) is 12.2 Å². The molecule has 0 aliphatic carbocycles. The van der Waals surface area contributed by atoms with Crippen LogP contribution in [0.25, 0.3) is 22.9 Å². The topological polar surface area (TPSA) is 78.2 Å². The van der Waals surface area contributed by atoms with Crippen LogP contribution in [0.3, 0.4) is 0 Å². The number of hydrogen-bond acceptors (Lipinski definition) is 4. The molecule has 0 unspecified atom stereocenters. The molecule has 0 saturated carbocycles. The number of nitrogens with zero attached hydrogens (tertiary/aromatic N) is 1.